The minimum atomic E-state index is -0.101. The average Bonchev–Trinajstić information content (AvgIpc) is 2.38. The summed E-state index contributed by atoms with van der Waals surface area (Å²) in [5.41, 5.74) is 0.932. The van der Waals surface area contributed by atoms with E-state index in [4.69, 9.17) is 4.74 Å². The molecule has 0 aromatic carbocycles. The Morgan fingerprint density at radius 3 is 3.10 bits per heavy atom. The van der Waals surface area contributed by atoms with Crippen molar-refractivity contribution in [2.24, 2.45) is 0 Å². The molecule has 0 aromatic rings. The molecule has 1 aliphatic rings. The Hall–Kier alpha value is -0.660. The average molecular weight is 140 g/mol. The smallest absolute Gasteiger partial charge is 0.0477 e. The molecule has 0 N–H and O–H groups in total. The lowest BCUT2D eigenvalue weighted by Gasteiger charge is -2.16. The van der Waals surface area contributed by atoms with Gasteiger partial charge in [0.25, 0.3) is 0 Å². The van der Waals surface area contributed by atoms with Gasteiger partial charge in [-0.2, -0.15) is 12.8 Å². The summed E-state index contributed by atoms with van der Waals surface area (Å²) >= 11 is 0. The van der Waals surface area contributed by atoms with E-state index in [1.807, 2.05) is 6.92 Å². The third-order valence-electron chi connectivity index (χ3n) is 1.61. The van der Waals surface area contributed by atoms with Gasteiger partial charge < -0.3 is 16.3 Å². The Labute approximate surface area is 61.5 Å². The van der Waals surface area contributed by atoms with Crippen LogP contribution in [0, 0.1) is 6.42 Å². The Kier molecular flexibility index (Phi) is 2.60. The molecule has 1 fully saturated rings. The van der Waals surface area contributed by atoms with Crippen LogP contribution in [-0.4, -0.2) is 6.61 Å². The second kappa shape index (κ2) is 3.49. The SMILES string of the molecule is CCO/C([O-])=C1/C[CH-]CC1. The highest BCUT2D eigenvalue weighted by Gasteiger charge is 1.99. The van der Waals surface area contributed by atoms with Crippen molar-refractivity contribution in [1.29, 1.82) is 0 Å². The molecular formula is C8H12O2-2. The van der Waals surface area contributed by atoms with E-state index in [0.29, 0.717) is 6.61 Å². The fourth-order valence-electron chi connectivity index (χ4n) is 1.07. The van der Waals surface area contributed by atoms with Crippen molar-refractivity contribution in [3.05, 3.63) is 17.9 Å². The lowest BCUT2D eigenvalue weighted by molar-refractivity contribution is -0.358. The van der Waals surface area contributed by atoms with Gasteiger partial charge in [0, 0.05) is 5.95 Å². The molecule has 1 saturated carbocycles. The van der Waals surface area contributed by atoms with Crippen LogP contribution in [0.2, 0.25) is 0 Å². The van der Waals surface area contributed by atoms with Crippen LogP contribution in [0.1, 0.15) is 26.2 Å². The summed E-state index contributed by atoms with van der Waals surface area (Å²) in [4.78, 5) is 0. The van der Waals surface area contributed by atoms with E-state index in [0.717, 1.165) is 24.8 Å². The summed E-state index contributed by atoms with van der Waals surface area (Å²) in [5.74, 6) is -0.101. The third kappa shape index (κ3) is 1.66. The van der Waals surface area contributed by atoms with Gasteiger partial charge in [-0.1, -0.05) is 18.9 Å². The molecular weight excluding hydrogens is 128 g/mol. The molecule has 0 unspecified atom stereocenters. The van der Waals surface area contributed by atoms with Gasteiger partial charge in [0.2, 0.25) is 0 Å². The quantitative estimate of drug-likeness (QED) is 0.423. The van der Waals surface area contributed by atoms with E-state index in [1.165, 1.54) is 0 Å². The highest BCUT2D eigenvalue weighted by atomic mass is 16.6. The molecule has 0 heterocycles. The van der Waals surface area contributed by atoms with E-state index >= 15 is 0 Å². The maximum Gasteiger partial charge on any atom is 0.0477 e. The Morgan fingerprint density at radius 1 is 1.80 bits per heavy atom. The van der Waals surface area contributed by atoms with Crippen LogP contribution in [0.3, 0.4) is 0 Å². The summed E-state index contributed by atoms with van der Waals surface area (Å²) in [6.07, 6.45) is 4.89. The summed E-state index contributed by atoms with van der Waals surface area (Å²) in [6, 6.07) is 0. The number of ether oxygens (including phenoxy) is 1. The normalized spacial score (nSPS) is 22.9. The lowest BCUT2D eigenvalue weighted by Crippen LogP contribution is -2.10. The van der Waals surface area contributed by atoms with Gasteiger partial charge in [-0.15, -0.1) is 0 Å². The van der Waals surface area contributed by atoms with Crippen LogP contribution in [0.25, 0.3) is 0 Å². The zero-order valence-electron chi connectivity index (χ0n) is 6.22. The molecule has 0 amide bonds. The van der Waals surface area contributed by atoms with Crippen LogP contribution in [0.4, 0.5) is 0 Å². The molecule has 58 valence electrons. The molecule has 0 aromatic heterocycles. The number of allylic oxidation sites excluding steroid dienone is 1. The molecule has 2 heteroatoms. The van der Waals surface area contributed by atoms with Crippen molar-refractivity contribution in [1.82, 2.24) is 0 Å². The van der Waals surface area contributed by atoms with E-state index < -0.39 is 0 Å². The van der Waals surface area contributed by atoms with Crippen molar-refractivity contribution in [2.45, 2.75) is 26.2 Å². The predicted molar refractivity (Wildman–Crippen MR) is 36.8 cm³/mol. The molecule has 2 nitrogen and oxygen atoms in total. The Morgan fingerprint density at radius 2 is 2.60 bits per heavy atom. The maximum absolute atomic E-state index is 11.0. The third-order valence-corrected chi connectivity index (χ3v) is 1.61. The monoisotopic (exact) mass is 140 g/mol. The zero-order valence-corrected chi connectivity index (χ0v) is 6.22. The van der Waals surface area contributed by atoms with E-state index in [2.05, 4.69) is 6.42 Å². The molecule has 0 aliphatic heterocycles. The fourth-order valence-corrected chi connectivity index (χ4v) is 1.07. The van der Waals surface area contributed by atoms with Crippen molar-refractivity contribution in [2.75, 3.05) is 6.61 Å². The molecule has 1 aliphatic carbocycles. The zero-order chi connectivity index (χ0) is 7.40. The standard InChI is InChI=1S/C8H13O2/c1-2-10-8(9)7-5-3-4-6-7/h3,9H,2,4-6H2,1H3/q-1/p-1/b8-7-. The summed E-state index contributed by atoms with van der Waals surface area (Å²) in [7, 11) is 0. The largest absolute Gasteiger partial charge is 0.614 e. The molecule has 0 spiro atoms. The van der Waals surface area contributed by atoms with Gasteiger partial charge in [-0.25, -0.2) is 0 Å². The first-order chi connectivity index (χ1) is 4.84. The second-order valence-electron chi connectivity index (χ2n) is 2.36. The van der Waals surface area contributed by atoms with E-state index in [9.17, 15) is 5.11 Å². The van der Waals surface area contributed by atoms with Crippen molar-refractivity contribution >= 4 is 0 Å². The molecule has 1 rings (SSSR count). The molecule has 0 radical (unpaired) electrons. The summed E-state index contributed by atoms with van der Waals surface area (Å²) < 4.78 is 4.83. The fraction of sp³-hybridized carbons (Fsp3) is 0.625. The van der Waals surface area contributed by atoms with Crippen LogP contribution in [0.5, 0.6) is 0 Å². The van der Waals surface area contributed by atoms with Crippen molar-refractivity contribution in [3.63, 3.8) is 0 Å². The van der Waals surface area contributed by atoms with Gasteiger partial charge in [-0.05, 0) is 6.61 Å². The number of hydrogen-bond acceptors (Lipinski definition) is 2. The number of rotatable bonds is 2. The Balaban J connectivity index is 2.46. The van der Waals surface area contributed by atoms with Gasteiger partial charge >= 0.3 is 0 Å². The molecule has 10 heavy (non-hydrogen) atoms. The van der Waals surface area contributed by atoms with Crippen molar-refractivity contribution in [3.8, 4) is 0 Å². The van der Waals surface area contributed by atoms with Gasteiger partial charge in [0.05, 0.1) is 0 Å². The van der Waals surface area contributed by atoms with Crippen LogP contribution in [0.15, 0.2) is 11.5 Å². The minimum absolute atomic E-state index is 0.101. The first-order valence-corrected chi connectivity index (χ1v) is 3.68. The van der Waals surface area contributed by atoms with Crippen molar-refractivity contribution < 1.29 is 9.84 Å². The summed E-state index contributed by atoms with van der Waals surface area (Å²) in [6.45, 7) is 2.32. The minimum Gasteiger partial charge on any atom is -0.614 e. The van der Waals surface area contributed by atoms with Crippen LogP contribution >= 0.6 is 0 Å². The first-order valence-electron chi connectivity index (χ1n) is 3.68. The van der Waals surface area contributed by atoms with Crippen LogP contribution in [-0.2, 0) is 4.74 Å². The second-order valence-corrected chi connectivity index (χ2v) is 2.36. The maximum atomic E-state index is 11.0. The van der Waals surface area contributed by atoms with Crippen LogP contribution < -0.4 is 5.11 Å². The molecule has 0 bridgehead atoms. The van der Waals surface area contributed by atoms with E-state index in [-0.39, 0.29) is 5.95 Å². The topological polar surface area (TPSA) is 32.3 Å². The predicted octanol–water partition coefficient (Wildman–Crippen LogP) is 0.983. The first kappa shape index (κ1) is 7.45. The number of hydrogen-bond donors (Lipinski definition) is 0. The molecule has 0 atom stereocenters. The highest BCUT2D eigenvalue weighted by molar-refractivity contribution is 5.11. The van der Waals surface area contributed by atoms with Gasteiger partial charge in [0.15, 0.2) is 0 Å². The Bertz CT molecular complexity index is 130. The summed E-state index contributed by atoms with van der Waals surface area (Å²) in [5, 5.41) is 11.0. The van der Waals surface area contributed by atoms with E-state index in [1.54, 1.807) is 0 Å². The highest BCUT2D eigenvalue weighted by Crippen LogP contribution is 2.24. The molecule has 0 saturated heterocycles. The van der Waals surface area contributed by atoms with Gasteiger partial charge in [0.1, 0.15) is 0 Å². The van der Waals surface area contributed by atoms with Gasteiger partial charge in [-0.3, -0.25) is 0 Å². The lowest BCUT2D eigenvalue weighted by atomic mass is 10.2.